The first-order chi connectivity index (χ1) is 11.7. The van der Waals surface area contributed by atoms with Crippen LogP contribution in [0.15, 0.2) is 48.0 Å². The number of carbonyl (C=O) groups excluding carboxylic acids is 1. The van der Waals surface area contributed by atoms with Crippen LogP contribution in [0.3, 0.4) is 0 Å². The molecule has 4 aromatic rings. The lowest BCUT2D eigenvalue weighted by Gasteiger charge is -2.01. The molecular weight excluding hydrogens is 362 g/mol. The van der Waals surface area contributed by atoms with E-state index in [9.17, 15) is 4.79 Å². The van der Waals surface area contributed by atoms with Crippen LogP contribution < -0.4 is 5.32 Å². The van der Waals surface area contributed by atoms with Gasteiger partial charge in [-0.2, -0.15) is 0 Å². The molecule has 0 bridgehead atoms. The molecule has 0 atom stereocenters. The number of thiophene rings is 1. The number of anilines is 1. The van der Waals surface area contributed by atoms with Gasteiger partial charge in [0.25, 0.3) is 0 Å². The predicted molar refractivity (Wildman–Crippen MR) is 101 cm³/mol. The van der Waals surface area contributed by atoms with E-state index in [1.807, 2.05) is 48.0 Å². The molecule has 0 aliphatic carbocycles. The second-order valence-corrected chi connectivity index (χ2v) is 7.80. The highest BCUT2D eigenvalue weighted by Gasteiger charge is 2.12. The number of para-hydroxylation sites is 1. The molecule has 3 aromatic heterocycles. The highest BCUT2D eigenvalue weighted by atomic mass is 35.5. The smallest absolute Gasteiger partial charge is 0.230 e. The summed E-state index contributed by atoms with van der Waals surface area (Å²) < 4.78 is 0.725. The van der Waals surface area contributed by atoms with Gasteiger partial charge in [-0.1, -0.05) is 29.8 Å². The van der Waals surface area contributed by atoms with Gasteiger partial charge in [0.2, 0.25) is 5.91 Å². The van der Waals surface area contributed by atoms with Crippen LogP contribution in [-0.2, 0) is 11.2 Å². The standard InChI is InChI=1S/C17H12ClN3OS2/c18-15-6-5-14(24-15)13-9-23-17(20-13)21-16(22)7-10-8-19-12-4-2-1-3-11(10)12/h1-6,8-9,19H,7H2,(H,20,21,22). The summed E-state index contributed by atoms with van der Waals surface area (Å²) in [5, 5.41) is 6.45. The fraction of sp³-hybridized carbons (Fsp3) is 0.0588. The number of fused-ring (bicyclic) bond motifs is 1. The predicted octanol–water partition coefficient (Wildman–Crippen LogP) is 5.19. The fourth-order valence-corrected chi connectivity index (χ4v) is 4.32. The second-order valence-electron chi connectivity index (χ2n) is 5.23. The van der Waals surface area contributed by atoms with Crippen LogP contribution in [-0.4, -0.2) is 15.9 Å². The van der Waals surface area contributed by atoms with Crippen LogP contribution in [0.25, 0.3) is 21.5 Å². The molecule has 1 aromatic carbocycles. The largest absolute Gasteiger partial charge is 0.361 e. The van der Waals surface area contributed by atoms with Gasteiger partial charge in [-0.05, 0) is 23.8 Å². The van der Waals surface area contributed by atoms with Crippen molar-refractivity contribution in [3.63, 3.8) is 0 Å². The summed E-state index contributed by atoms with van der Waals surface area (Å²) in [6, 6.07) is 11.7. The average Bonchev–Trinajstić information content (AvgIpc) is 3.28. The summed E-state index contributed by atoms with van der Waals surface area (Å²) in [6.07, 6.45) is 2.19. The molecule has 0 fully saturated rings. The Bertz CT molecular complexity index is 1020. The van der Waals surface area contributed by atoms with Crippen LogP contribution >= 0.6 is 34.3 Å². The van der Waals surface area contributed by atoms with Crippen LogP contribution in [0.2, 0.25) is 4.34 Å². The summed E-state index contributed by atoms with van der Waals surface area (Å²) in [7, 11) is 0. The maximum atomic E-state index is 12.3. The monoisotopic (exact) mass is 373 g/mol. The number of nitrogens with one attached hydrogen (secondary N) is 2. The number of hydrogen-bond acceptors (Lipinski definition) is 4. The van der Waals surface area contributed by atoms with Crippen molar-refractivity contribution in [1.82, 2.24) is 9.97 Å². The van der Waals surface area contributed by atoms with Crippen molar-refractivity contribution in [2.24, 2.45) is 0 Å². The quantitative estimate of drug-likeness (QED) is 0.517. The third-order valence-corrected chi connectivity index (χ3v) is 5.61. The number of H-pyrrole nitrogens is 1. The van der Waals surface area contributed by atoms with E-state index < -0.39 is 0 Å². The van der Waals surface area contributed by atoms with Gasteiger partial charge in [0.15, 0.2) is 5.13 Å². The highest BCUT2D eigenvalue weighted by Crippen LogP contribution is 2.32. The summed E-state index contributed by atoms with van der Waals surface area (Å²) in [5.74, 6) is -0.0788. The minimum Gasteiger partial charge on any atom is -0.361 e. The lowest BCUT2D eigenvalue weighted by atomic mass is 10.1. The SMILES string of the molecule is O=C(Cc1c[nH]c2ccccc12)Nc1nc(-c2ccc(Cl)s2)cs1. The van der Waals surface area contributed by atoms with Gasteiger partial charge in [-0.25, -0.2) is 4.98 Å². The Labute approximate surface area is 151 Å². The Balaban J connectivity index is 1.47. The second kappa shape index (κ2) is 6.39. The van der Waals surface area contributed by atoms with E-state index in [0.717, 1.165) is 31.4 Å². The normalized spacial score (nSPS) is 11.0. The van der Waals surface area contributed by atoms with Crippen molar-refractivity contribution in [3.8, 4) is 10.6 Å². The Morgan fingerprint density at radius 3 is 2.96 bits per heavy atom. The molecular formula is C17H12ClN3OS2. The number of aromatic amines is 1. The lowest BCUT2D eigenvalue weighted by molar-refractivity contribution is -0.115. The van der Waals surface area contributed by atoms with Gasteiger partial charge in [-0.3, -0.25) is 4.79 Å². The van der Waals surface area contributed by atoms with Gasteiger partial charge in [0.05, 0.1) is 21.3 Å². The summed E-state index contributed by atoms with van der Waals surface area (Å²) in [4.78, 5) is 20.9. The zero-order valence-corrected chi connectivity index (χ0v) is 14.8. The molecule has 2 N–H and O–H groups in total. The van der Waals surface area contributed by atoms with E-state index in [-0.39, 0.29) is 5.91 Å². The van der Waals surface area contributed by atoms with Gasteiger partial charge in [-0.15, -0.1) is 22.7 Å². The van der Waals surface area contributed by atoms with E-state index in [2.05, 4.69) is 15.3 Å². The maximum Gasteiger partial charge on any atom is 0.230 e. The van der Waals surface area contributed by atoms with Crippen molar-refractivity contribution in [2.45, 2.75) is 6.42 Å². The molecule has 0 unspecified atom stereocenters. The molecule has 0 radical (unpaired) electrons. The Morgan fingerprint density at radius 1 is 1.25 bits per heavy atom. The van der Waals surface area contributed by atoms with Crippen molar-refractivity contribution < 1.29 is 4.79 Å². The summed E-state index contributed by atoms with van der Waals surface area (Å²) in [5.41, 5.74) is 2.84. The first-order valence-corrected chi connectivity index (χ1v) is 9.32. The Hall–Kier alpha value is -2.15. The number of carbonyl (C=O) groups is 1. The van der Waals surface area contributed by atoms with E-state index in [1.165, 1.54) is 22.7 Å². The molecule has 4 rings (SSSR count). The zero-order valence-electron chi connectivity index (χ0n) is 12.4. The molecule has 3 heterocycles. The number of rotatable bonds is 4. The van der Waals surface area contributed by atoms with E-state index in [1.54, 1.807) is 0 Å². The first kappa shape index (κ1) is 15.4. The van der Waals surface area contributed by atoms with Crippen LogP contribution in [0.1, 0.15) is 5.56 Å². The molecule has 7 heteroatoms. The lowest BCUT2D eigenvalue weighted by Crippen LogP contribution is -2.13. The molecule has 1 amide bonds. The number of hydrogen-bond donors (Lipinski definition) is 2. The van der Waals surface area contributed by atoms with Gasteiger partial charge in [0, 0.05) is 22.5 Å². The van der Waals surface area contributed by atoms with E-state index >= 15 is 0 Å². The molecule has 0 aliphatic heterocycles. The minimum absolute atomic E-state index is 0.0788. The molecule has 24 heavy (non-hydrogen) atoms. The van der Waals surface area contributed by atoms with E-state index in [4.69, 9.17) is 11.6 Å². The van der Waals surface area contributed by atoms with Crippen LogP contribution in [0.4, 0.5) is 5.13 Å². The molecule has 0 spiro atoms. The Kier molecular flexibility index (Phi) is 4.10. The van der Waals surface area contributed by atoms with Gasteiger partial charge >= 0.3 is 0 Å². The number of benzene rings is 1. The van der Waals surface area contributed by atoms with Crippen LogP contribution in [0, 0.1) is 0 Å². The van der Waals surface area contributed by atoms with Crippen molar-refractivity contribution >= 4 is 56.2 Å². The first-order valence-electron chi connectivity index (χ1n) is 7.25. The Morgan fingerprint density at radius 2 is 2.12 bits per heavy atom. The van der Waals surface area contributed by atoms with E-state index in [0.29, 0.717) is 11.6 Å². The molecule has 0 aliphatic rings. The number of nitrogens with zero attached hydrogens (tertiary/aromatic N) is 1. The van der Waals surface area contributed by atoms with Crippen LogP contribution in [0.5, 0.6) is 0 Å². The maximum absolute atomic E-state index is 12.3. The van der Waals surface area contributed by atoms with Gasteiger partial charge < -0.3 is 10.3 Å². The summed E-state index contributed by atoms with van der Waals surface area (Å²) >= 11 is 8.83. The highest BCUT2D eigenvalue weighted by molar-refractivity contribution is 7.20. The third kappa shape index (κ3) is 3.08. The van der Waals surface area contributed by atoms with Gasteiger partial charge in [0.1, 0.15) is 0 Å². The molecule has 0 saturated heterocycles. The van der Waals surface area contributed by atoms with Crippen molar-refractivity contribution in [3.05, 3.63) is 57.9 Å². The third-order valence-electron chi connectivity index (χ3n) is 3.60. The molecule has 120 valence electrons. The zero-order chi connectivity index (χ0) is 16.5. The molecule has 0 saturated carbocycles. The number of aromatic nitrogens is 2. The van der Waals surface area contributed by atoms with Crippen molar-refractivity contribution in [1.29, 1.82) is 0 Å². The number of halogens is 1. The number of thiazole rings is 1. The number of amides is 1. The van der Waals surface area contributed by atoms with Crippen molar-refractivity contribution in [2.75, 3.05) is 5.32 Å². The average molecular weight is 374 g/mol. The molecule has 4 nitrogen and oxygen atoms in total. The topological polar surface area (TPSA) is 57.8 Å². The summed E-state index contributed by atoms with van der Waals surface area (Å²) in [6.45, 7) is 0. The minimum atomic E-state index is -0.0788. The fourth-order valence-electron chi connectivity index (χ4n) is 2.51.